The van der Waals surface area contributed by atoms with E-state index in [1.807, 2.05) is 26.8 Å². The van der Waals surface area contributed by atoms with Crippen LogP contribution in [0.5, 0.6) is 0 Å². The summed E-state index contributed by atoms with van der Waals surface area (Å²) in [6.45, 7) is 8.53. The molecule has 1 saturated heterocycles. The smallest absolute Gasteiger partial charge is 0.410 e. The molecule has 130 valence electrons. The van der Waals surface area contributed by atoms with Crippen LogP contribution in [0.4, 0.5) is 4.79 Å². The lowest BCUT2D eigenvalue weighted by molar-refractivity contribution is 0.0166. The minimum Gasteiger partial charge on any atom is -0.462 e. The fraction of sp³-hybridized carbons (Fsp3) is 0.706. The number of nitrogens with one attached hydrogen (secondary N) is 1. The van der Waals surface area contributed by atoms with Gasteiger partial charge in [0.1, 0.15) is 23.7 Å². The van der Waals surface area contributed by atoms with Gasteiger partial charge in [0, 0.05) is 19.6 Å². The zero-order valence-electron chi connectivity index (χ0n) is 14.3. The van der Waals surface area contributed by atoms with E-state index in [0.29, 0.717) is 18.2 Å². The Morgan fingerprint density at radius 3 is 2.83 bits per heavy atom. The van der Waals surface area contributed by atoms with Crippen molar-refractivity contribution in [2.24, 2.45) is 5.92 Å². The second-order valence-electron chi connectivity index (χ2n) is 7.09. The number of aliphatic hydroxyl groups excluding tert-OH is 1. The fourth-order valence-electron chi connectivity index (χ4n) is 2.73. The Kier molecular flexibility index (Phi) is 6.07. The molecule has 1 aromatic heterocycles. The molecular weight excluding hydrogens is 296 g/mol. The van der Waals surface area contributed by atoms with Crippen LogP contribution in [0, 0.1) is 5.92 Å². The number of hydrogen-bond donors (Lipinski definition) is 2. The van der Waals surface area contributed by atoms with Gasteiger partial charge in [-0.1, -0.05) is 0 Å². The van der Waals surface area contributed by atoms with Crippen molar-refractivity contribution in [2.75, 3.05) is 19.6 Å². The third kappa shape index (κ3) is 5.88. The molecule has 1 atom stereocenters. The summed E-state index contributed by atoms with van der Waals surface area (Å²) < 4.78 is 10.9. The van der Waals surface area contributed by atoms with Gasteiger partial charge in [0.2, 0.25) is 0 Å². The van der Waals surface area contributed by atoms with E-state index >= 15 is 0 Å². The molecule has 0 bridgehead atoms. The van der Waals surface area contributed by atoms with Gasteiger partial charge in [0.05, 0.1) is 6.54 Å². The van der Waals surface area contributed by atoms with Gasteiger partial charge >= 0.3 is 6.09 Å². The Morgan fingerprint density at radius 1 is 1.43 bits per heavy atom. The highest BCUT2D eigenvalue weighted by Crippen LogP contribution is 2.19. The Hall–Kier alpha value is -1.53. The first kappa shape index (κ1) is 17.8. The van der Waals surface area contributed by atoms with Crippen molar-refractivity contribution in [1.82, 2.24) is 10.2 Å². The lowest BCUT2D eigenvalue weighted by atomic mass is 9.98. The summed E-state index contributed by atoms with van der Waals surface area (Å²) in [7, 11) is 0. The van der Waals surface area contributed by atoms with E-state index in [1.165, 1.54) is 0 Å². The fourth-order valence-corrected chi connectivity index (χ4v) is 2.73. The molecule has 1 fully saturated rings. The lowest BCUT2D eigenvalue weighted by Crippen LogP contribution is -2.44. The summed E-state index contributed by atoms with van der Waals surface area (Å²) in [6, 6.07) is 3.65. The Bertz CT molecular complexity index is 507. The largest absolute Gasteiger partial charge is 0.462 e. The molecule has 1 aromatic rings. The lowest BCUT2D eigenvalue weighted by Gasteiger charge is -2.34. The molecule has 0 aromatic carbocycles. The quantitative estimate of drug-likeness (QED) is 0.870. The van der Waals surface area contributed by atoms with Gasteiger partial charge in [-0.15, -0.1) is 0 Å². The summed E-state index contributed by atoms with van der Waals surface area (Å²) >= 11 is 0. The van der Waals surface area contributed by atoms with E-state index in [2.05, 4.69) is 5.32 Å². The summed E-state index contributed by atoms with van der Waals surface area (Å²) in [4.78, 5) is 13.9. The summed E-state index contributed by atoms with van der Waals surface area (Å²) in [6.07, 6.45) is 1.88. The molecule has 6 heteroatoms. The monoisotopic (exact) mass is 324 g/mol. The summed E-state index contributed by atoms with van der Waals surface area (Å²) in [5, 5.41) is 12.3. The highest BCUT2D eigenvalue weighted by atomic mass is 16.6. The highest BCUT2D eigenvalue weighted by Gasteiger charge is 2.27. The maximum absolute atomic E-state index is 12.1. The zero-order valence-corrected chi connectivity index (χ0v) is 14.3. The predicted molar refractivity (Wildman–Crippen MR) is 86.9 cm³/mol. The molecule has 2 N–H and O–H groups in total. The van der Waals surface area contributed by atoms with E-state index in [1.54, 1.807) is 11.0 Å². The Labute approximate surface area is 137 Å². The maximum Gasteiger partial charge on any atom is 0.410 e. The van der Waals surface area contributed by atoms with Crippen LogP contribution in [0.3, 0.4) is 0 Å². The van der Waals surface area contributed by atoms with Crippen LogP contribution in [0.2, 0.25) is 0 Å². The first-order chi connectivity index (χ1) is 10.9. The van der Waals surface area contributed by atoms with Crippen molar-refractivity contribution in [1.29, 1.82) is 0 Å². The van der Waals surface area contributed by atoms with Crippen molar-refractivity contribution < 1.29 is 19.1 Å². The number of likely N-dealkylation sites (tertiary alicyclic amines) is 1. The van der Waals surface area contributed by atoms with Crippen LogP contribution < -0.4 is 5.32 Å². The number of rotatable bonds is 5. The Morgan fingerprint density at radius 2 is 2.17 bits per heavy atom. The highest BCUT2D eigenvalue weighted by molar-refractivity contribution is 5.68. The topological polar surface area (TPSA) is 74.9 Å². The summed E-state index contributed by atoms with van der Waals surface area (Å²) in [5.41, 5.74) is -0.452. The second kappa shape index (κ2) is 7.84. The van der Waals surface area contributed by atoms with Gasteiger partial charge in [0.25, 0.3) is 0 Å². The van der Waals surface area contributed by atoms with E-state index in [0.717, 1.165) is 38.2 Å². The Balaban J connectivity index is 1.74. The van der Waals surface area contributed by atoms with Gasteiger partial charge in [-0.05, 0) is 51.7 Å². The molecule has 6 nitrogen and oxygen atoms in total. The number of carbonyl (C=O) groups excluding carboxylic acids is 1. The average Bonchev–Trinajstić information content (AvgIpc) is 2.94. The molecule has 0 spiro atoms. The van der Waals surface area contributed by atoms with Crippen LogP contribution in [-0.4, -0.2) is 41.3 Å². The van der Waals surface area contributed by atoms with Crippen LogP contribution >= 0.6 is 0 Å². The number of aliphatic hydroxyl groups is 1. The van der Waals surface area contributed by atoms with Crippen molar-refractivity contribution in [3.8, 4) is 0 Å². The van der Waals surface area contributed by atoms with E-state index in [4.69, 9.17) is 14.3 Å². The number of carbonyl (C=O) groups is 1. The van der Waals surface area contributed by atoms with Crippen LogP contribution in [0.15, 0.2) is 16.5 Å². The van der Waals surface area contributed by atoms with Gasteiger partial charge in [-0.3, -0.25) is 0 Å². The normalized spacial score (nSPS) is 19.0. The van der Waals surface area contributed by atoms with E-state index < -0.39 is 5.60 Å². The SMILES string of the molecule is CC(C)(C)OC(=O)N1CCCC(CNCc2ccc(CO)o2)C1. The maximum atomic E-state index is 12.1. The number of amides is 1. The van der Waals surface area contributed by atoms with Crippen molar-refractivity contribution in [3.63, 3.8) is 0 Å². The van der Waals surface area contributed by atoms with Crippen LogP contribution in [-0.2, 0) is 17.9 Å². The molecule has 2 heterocycles. The first-order valence-electron chi connectivity index (χ1n) is 8.24. The third-order valence-corrected chi connectivity index (χ3v) is 3.78. The van der Waals surface area contributed by atoms with Crippen molar-refractivity contribution in [3.05, 3.63) is 23.7 Å². The van der Waals surface area contributed by atoms with Gasteiger partial charge in [0.15, 0.2) is 0 Å². The molecule has 0 radical (unpaired) electrons. The molecule has 23 heavy (non-hydrogen) atoms. The first-order valence-corrected chi connectivity index (χ1v) is 8.24. The van der Waals surface area contributed by atoms with Crippen LogP contribution in [0.25, 0.3) is 0 Å². The molecule has 1 aliphatic heterocycles. The second-order valence-corrected chi connectivity index (χ2v) is 7.09. The van der Waals surface area contributed by atoms with E-state index in [-0.39, 0.29) is 12.7 Å². The van der Waals surface area contributed by atoms with E-state index in [9.17, 15) is 4.79 Å². The minimum atomic E-state index is -0.452. The zero-order chi connectivity index (χ0) is 16.9. The molecular formula is C17H28N2O4. The molecule has 2 rings (SSSR count). The van der Waals surface area contributed by atoms with Crippen molar-refractivity contribution in [2.45, 2.75) is 52.4 Å². The summed E-state index contributed by atoms with van der Waals surface area (Å²) in [5.74, 6) is 1.81. The molecule has 1 amide bonds. The third-order valence-electron chi connectivity index (χ3n) is 3.78. The van der Waals surface area contributed by atoms with Gasteiger partial charge < -0.3 is 24.5 Å². The van der Waals surface area contributed by atoms with Gasteiger partial charge in [-0.25, -0.2) is 4.79 Å². The van der Waals surface area contributed by atoms with Crippen LogP contribution in [0.1, 0.15) is 45.1 Å². The number of nitrogens with zero attached hydrogens (tertiary/aromatic N) is 1. The molecule has 0 saturated carbocycles. The average molecular weight is 324 g/mol. The number of hydrogen-bond acceptors (Lipinski definition) is 5. The predicted octanol–water partition coefficient (Wildman–Crippen LogP) is 2.51. The standard InChI is InChI=1S/C17H28N2O4/c1-17(2,3)23-16(21)19-8-4-5-13(11-19)9-18-10-14-6-7-15(12-20)22-14/h6-7,13,18,20H,4-5,8-12H2,1-3H3. The van der Waals surface area contributed by atoms with Crippen molar-refractivity contribution >= 4 is 6.09 Å². The molecule has 1 unspecified atom stereocenters. The minimum absolute atomic E-state index is 0.0759. The molecule has 1 aliphatic rings. The number of ether oxygens (including phenoxy) is 1. The number of furan rings is 1. The molecule has 0 aliphatic carbocycles. The van der Waals surface area contributed by atoms with Gasteiger partial charge in [-0.2, -0.15) is 0 Å². The number of piperidine rings is 1.